The Morgan fingerprint density at radius 2 is 1.72 bits per heavy atom. The lowest BCUT2D eigenvalue weighted by atomic mass is 10.0. The first-order valence-corrected chi connectivity index (χ1v) is 10.5. The van der Waals surface area contributed by atoms with Crippen molar-refractivity contribution in [2.75, 3.05) is 32.8 Å². The van der Waals surface area contributed by atoms with Crippen molar-refractivity contribution in [3.8, 4) is 0 Å². The van der Waals surface area contributed by atoms with Crippen molar-refractivity contribution >= 4 is 5.91 Å². The molecule has 1 aliphatic rings. The summed E-state index contributed by atoms with van der Waals surface area (Å²) in [6.45, 7) is 11.0. The van der Waals surface area contributed by atoms with Gasteiger partial charge in [-0.1, -0.05) is 42.0 Å². The van der Waals surface area contributed by atoms with Crippen molar-refractivity contribution in [3.05, 3.63) is 70.8 Å². The Balaban J connectivity index is 1.68. The molecule has 2 aromatic rings. The summed E-state index contributed by atoms with van der Waals surface area (Å²) in [5.74, 6) is -0.0421. The highest BCUT2D eigenvalue weighted by molar-refractivity contribution is 5.94. The second-order valence-electron chi connectivity index (χ2n) is 8.06. The molecule has 3 rings (SSSR count). The molecule has 5 heteroatoms. The Morgan fingerprint density at radius 1 is 1.07 bits per heavy atom. The summed E-state index contributed by atoms with van der Waals surface area (Å²) in [4.78, 5) is 14.4. The van der Waals surface area contributed by atoms with Crippen LogP contribution in [0.2, 0.25) is 0 Å². The van der Waals surface area contributed by atoms with E-state index in [2.05, 4.69) is 36.5 Å². The predicted molar refractivity (Wildman–Crippen MR) is 114 cm³/mol. The molecule has 29 heavy (non-hydrogen) atoms. The van der Waals surface area contributed by atoms with Gasteiger partial charge in [-0.3, -0.25) is 4.79 Å². The van der Waals surface area contributed by atoms with Gasteiger partial charge in [0.05, 0.1) is 25.9 Å². The Hall–Kier alpha value is -2.21. The molecule has 0 unspecified atom stereocenters. The van der Waals surface area contributed by atoms with Crippen LogP contribution < -0.4 is 10.2 Å². The van der Waals surface area contributed by atoms with E-state index < -0.39 is 0 Å². The van der Waals surface area contributed by atoms with E-state index in [0.717, 1.165) is 44.0 Å². The molecule has 0 bridgehead atoms. The van der Waals surface area contributed by atoms with E-state index in [1.807, 2.05) is 38.1 Å². The highest BCUT2D eigenvalue weighted by atomic mass is 16.5. The number of morpholine rings is 1. The molecular formula is C24H33N2O3+. The number of carbonyl (C=O) groups excluding carboxylic acids is 1. The molecule has 0 saturated carbocycles. The number of rotatable bonds is 8. The van der Waals surface area contributed by atoms with Crippen LogP contribution in [0, 0.1) is 6.92 Å². The average Bonchev–Trinajstić information content (AvgIpc) is 2.73. The van der Waals surface area contributed by atoms with Gasteiger partial charge >= 0.3 is 0 Å². The number of amides is 1. The number of carbonyl (C=O) groups is 1. The van der Waals surface area contributed by atoms with Crippen LogP contribution in [0.1, 0.15) is 46.9 Å². The van der Waals surface area contributed by atoms with Crippen LogP contribution in [0.25, 0.3) is 0 Å². The van der Waals surface area contributed by atoms with Crippen LogP contribution in [-0.4, -0.2) is 44.9 Å². The van der Waals surface area contributed by atoms with Crippen molar-refractivity contribution in [1.82, 2.24) is 5.32 Å². The maximum Gasteiger partial charge on any atom is 0.251 e. The van der Waals surface area contributed by atoms with Crippen LogP contribution in [-0.2, 0) is 16.1 Å². The van der Waals surface area contributed by atoms with Crippen molar-refractivity contribution in [1.29, 1.82) is 0 Å². The number of hydrogen-bond acceptors (Lipinski definition) is 3. The number of nitrogens with one attached hydrogen (secondary N) is 2. The number of benzene rings is 2. The molecule has 5 nitrogen and oxygen atoms in total. The molecule has 1 aliphatic heterocycles. The molecule has 1 heterocycles. The summed E-state index contributed by atoms with van der Waals surface area (Å²) in [7, 11) is 0. The molecule has 1 atom stereocenters. The largest absolute Gasteiger partial charge is 0.374 e. The zero-order valence-corrected chi connectivity index (χ0v) is 17.7. The molecule has 0 aliphatic carbocycles. The van der Waals surface area contributed by atoms with Gasteiger partial charge in [-0.05, 0) is 44.0 Å². The van der Waals surface area contributed by atoms with E-state index in [1.165, 1.54) is 10.5 Å². The normalized spacial score (nSPS) is 16.0. The molecule has 1 amide bonds. The van der Waals surface area contributed by atoms with E-state index in [0.29, 0.717) is 12.2 Å². The van der Waals surface area contributed by atoms with E-state index >= 15 is 0 Å². The van der Waals surface area contributed by atoms with Gasteiger partial charge in [-0.25, -0.2) is 0 Å². The summed E-state index contributed by atoms with van der Waals surface area (Å²) in [5.41, 5.74) is 4.11. The van der Waals surface area contributed by atoms with E-state index in [-0.39, 0.29) is 18.1 Å². The molecule has 0 aromatic heterocycles. The quantitative estimate of drug-likeness (QED) is 0.719. The molecular weight excluding hydrogens is 364 g/mol. The fraction of sp³-hybridized carbons (Fsp3) is 0.458. The van der Waals surface area contributed by atoms with Crippen LogP contribution in [0.3, 0.4) is 0 Å². The topological polar surface area (TPSA) is 52.0 Å². The number of hydrogen-bond donors (Lipinski definition) is 2. The zero-order valence-electron chi connectivity index (χ0n) is 17.7. The monoisotopic (exact) mass is 397 g/mol. The third kappa shape index (κ3) is 6.67. The lowest BCUT2D eigenvalue weighted by Gasteiger charge is -2.28. The van der Waals surface area contributed by atoms with Crippen LogP contribution in [0.5, 0.6) is 0 Å². The third-order valence-corrected chi connectivity index (χ3v) is 5.28. The third-order valence-electron chi connectivity index (χ3n) is 5.28. The second-order valence-corrected chi connectivity index (χ2v) is 8.06. The van der Waals surface area contributed by atoms with Crippen LogP contribution in [0.15, 0.2) is 48.5 Å². The van der Waals surface area contributed by atoms with E-state index in [1.54, 1.807) is 0 Å². The van der Waals surface area contributed by atoms with Crippen molar-refractivity contribution in [2.24, 2.45) is 0 Å². The fourth-order valence-corrected chi connectivity index (χ4v) is 3.46. The summed E-state index contributed by atoms with van der Waals surface area (Å²) in [6.07, 6.45) is 0.191. The summed E-state index contributed by atoms with van der Waals surface area (Å²) in [5, 5.41) is 3.25. The molecule has 1 fully saturated rings. The summed E-state index contributed by atoms with van der Waals surface area (Å²) >= 11 is 0. The minimum atomic E-state index is -0.0421. The van der Waals surface area contributed by atoms with Gasteiger partial charge in [0.1, 0.15) is 25.7 Å². The van der Waals surface area contributed by atoms with E-state index in [4.69, 9.17) is 9.47 Å². The minimum absolute atomic E-state index is 0.0276. The van der Waals surface area contributed by atoms with Crippen molar-refractivity contribution in [3.63, 3.8) is 0 Å². The number of aryl methyl sites for hydroxylation is 1. The maximum absolute atomic E-state index is 12.9. The number of ether oxygens (including phenoxy) is 2. The van der Waals surface area contributed by atoms with Crippen LogP contribution >= 0.6 is 0 Å². The van der Waals surface area contributed by atoms with Gasteiger partial charge in [0.15, 0.2) is 0 Å². The van der Waals surface area contributed by atoms with Gasteiger partial charge in [-0.15, -0.1) is 0 Å². The fourth-order valence-electron chi connectivity index (χ4n) is 3.46. The predicted octanol–water partition coefficient (Wildman–Crippen LogP) is 2.31. The molecule has 0 radical (unpaired) electrons. The smallest absolute Gasteiger partial charge is 0.251 e. The summed E-state index contributed by atoms with van der Waals surface area (Å²) in [6, 6.07) is 16.1. The highest BCUT2D eigenvalue weighted by Gasteiger charge is 2.23. The van der Waals surface area contributed by atoms with Crippen molar-refractivity contribution in [2.45, 2.75) is 39.5 Å². The van der Waals surface area contributed by atoms with Gasteiger partial charge in [0.2, 0.25) is 0 Å². The summed E-state index contributed by atoms with van der Waals surface area (Å²) < 4.78 is 11.1. The molecule has 2 N–H and O–H groups in total. The Kier molecular flexibility index (Phi) is 7.81. The Morgan fingerprint density at radius 3 is 2.34 bits per heavy atom. The highest BCUT2D eigenvalue weighted by Crippen LogP contribution is 2.15. The Bertz CT molecular complexity index is 766. The molecule has 1 saturated heterocycles. The van der Waals surface area contributed by atoms with E-state index in [9.17, 15) is 4.79 Å². The van der Waals surface area contributed by atoms with Crippen LogP contribution in [0.4, 0.5) is 0 Å². The average molecular weight is 398 g/mol. The zero-order chi connectivity index (χ0) is 20.6. The van der Waals surface area contributed by atoms with Gasteiger partial charge in [0, 0.05) is 5.56 Å². The molecule has 156 valence electrons. The molecule has 0 spiro atoms. The Labute approximate surface area is 174 Å². The second kappa shape index (κ2) is 10.5. The lowest BCUT2D eigenvalue weighted by molar-refractivity contribution is -0.909. The molecule has 2 aromatic carbocycles. The lowest BCUT2D eigenvalue weighted by Crippen LogP contribution is -3.14. The van der Waals surface area contributed by atoms with Gasteiger partial charge < -0.3 is 19.7 Å². The SMILES string of the molecule is Cc1ccc([C@@H](C[NH+]2CCOCC2)NC(=O)c2ccc(COC(C)C)cc2)cc1. The van der Waals surface area contributed by atoms with Gasteiger partial charge in [-0.2, -0.15) is 0 Å². The maximum atomic E-state index is 12.9. The number of quaternary nitrogens is 1. The standard InChI is InChI=1S/C24H32N2O3/c1-18(2)29-17-20-6-10-22(11-7-20)24(27)25-23(16-26-12-14-28-15-13-26)21-8-4-19(3)5-9-21/h4-11,18,23H,12-17H2,1-3H3,(H,25,27)/p+1/t23-/m1/s1. The van der Waals surface area contributed by atoms with Crippen molar-refractivity contribution < 1.29 is 19.2 Å². The van der Waals surface area contributed by atoms with Gasteiger partial charge in [0.25, 0.3) is 5.91 Å². The minimum Gasteiger partial charge on any atom is -0.374 e. The first kappa shape index (κ1) is 21.5. The first-order valence-electron chi connectivity index (χ1n) is 10.5. The first-order chi connectivity index (χ1) is 14.0.